The number of aromatic nitrogens is 4. The van der Waals surface area contributed by atoms with Crippen LogP contribution in [0.3, 0.4) is 0 Å². The summed E-state index contributed by atoms with van der Waals surface area (Å²) >= 11 is 4.81. The quantitative estimate of drug-likeness (QED) is 0.758. The van der Waals surface area contributed by atoms with Crippen molar-refractivity contribution >= 4 is 27.7 Å². The number of halogens is 2. The predicted octanol–water partition coefficient (Wildman–Crippen LogP) is 2.62. The van der Waals surface area contributed by atoms with E-state index in [4.69, 9.17) is 0 Å². The van der Waals surface area contributed by atoms with Gasteiger partial charge in [-0.15, -0.1) is 5.10 Å². The first-order valence-electron chi connectivity index (χ1n) is 6.78. The minimum absolute atomic E-state index is 0.242. The van der Waals surface area contributed by atoms with E-state index >= 15 is 0 Å². The lowest BCUT2D eigenvalue weighted by molar-refractivity contribution is 0.509. The molecule has 3 rings (SSSR count). The van der Waals surface area contributed by atoms with Crippen LogP contribution in [0.4, 0.5) is 4.39 Å². The average molecular weight is 372 g/mol. The van der Waals surface area contributed by atoms with Crippen LogP contribution in [0.5, 0.6) is 0 Å². The van der Waals surface area contributed by atoms with Crippen molar-refractivity contribution in [2.75, 3.05) is 6.54 Å². The Labute approximate surface area is 134 Å². The Kier molecular flexibility index (Phi) is 4.87. The monoisotopic (exact) mass is 371 g/mol. The smallest absolute Gasteiger partial charge is 0.209 e. The van der Waals surface area contributed by atoms with E-state index in [1.54, 1.807) is 4.68 Å². The van der Waals surface area contributed by atoms with Crippen molar-refractivity contribution < 1.29 is 4.39 Å². The summed E-state index contributed by atoms with van der Waals surface area (Å²) in [6.45, 7) is 1.62. The van der Waals surface area contributed by atoms with E-state index in [9.17, 15) is 4.39 Å². The molecule has 8 heteroatoms. The average Bonchev–Trinajstić information content (AvgIpc) is 3.14. The fourth-order valence-electron chi connectivity index (χ4n) is 1.94. The number of thioether (sulfide) groups is 1. The Morgan fingerprint density at radius 1 is 1.38 bits per heavy atom. The van der Waals surface area contributed by atoms with Crippen molar-refractivity contribution in [1.29, 1.82) is 0 Å². The first-order chi connectivity index (χ1) is 10.2. The third-order valence-corrected chi connectivity index (χ3v) is 4.61. The predicted molar refractivity (Wildman–Crippen MR) is 82.5 cm³/mol. The molecular formula is C13H15BrFN5S. The van der Waals surface area contributed by atoms with E-state index in [0.29, 0.717) is 11.8 Å². The van der Waals surface area contributed by atoms with Crippen molar-refractivity contribution in [1.82, 2.24) is 25.5 Å². The van der Waals surface area contributed by atoms with Gasteiger partial charge in [0, 0.05) is 22.8 Å². The number of rotatable bonds is 7. The van der Waals surface area contributed by atoms with Gasteiger partial charge in [-0.2, -0.15) is 0 Å². The van der Waals surface area contributed by atoms with Gasteiger partial charge in [0.2, 0.25) is 5.16 Å². The highest BCUT2D eigenvalue weighted by atomic mass is 79.9. The van der Waals surface area contributed by atoms with Gasteiger partial charge in [-0.3, -0.25) is 0 Å². The molecule has 1 fully saturated rings. The van der Waals surface area contributed by atoms with Gasteiger partial charge in [0.15, 0.2) is 0 Å². The minimum atomic E-state index is -0.242. The van der Waals surface area contributed by atoms with Gasteiger partial charge >= 0.3 is 0 Å². The summed E-state index contributed by atoms with van der Waals surface area (Å²) in [5.41, 5.74) is 0.900. The molecule has 5 nitrogen and oxygen atoms in total. The fourth-order valence-corrected chi connectivity index (χ4v) is 3.29. The van der Waals surface area contributed by atoms with Crippen LogP contribution in [0.2, 0.25) is 0 Å². The van der Waals surface area contributed by atoms with Crippen LogP contribution in [0.1, 0.15) is 18.4 Å². The molecule has 1 saturated carbocycles. The molecule has 1 aromatic heterocycles. The van der Waals surface area contributed by atoms with E-state index in [2.05, 4.69) is 36.8 Å². The van der Waals surface area contributed by atoms with E-state index in [0.717, 1.165) is 28.3 Å². The first kappa shape index (κ1) is 14.9. The SMILES string of the molecule is Fc1cc(Br)cc(CSc2nnnn2CCNC2CC2)c1. The molecule has 0 unspecified atom stereocenters. The Hall–Kier alpha value is -0.990. The normalized spacial score (nSPS) is 14.6. The Morgan fingerprint density at radius 2 is 2.24 bits per heavy atom. The summed E-state index contributed by atoms with van der Waals surface area (Å²) in [5, 5.41) is 15.9. The topological polar surface area (TPSA) is 55.6 Å². The molecule has 0 bridgehead atoms. The van der Waals surface area contributed by atoms with Gasteiger partial charge in [0.25, 0.3) is 0 Å². The lowest BCUT2D eigenvalue weighted by atomic mass is 10.2. The lowest BCUT2D eigenvalue weighted by Crippen LogP contribution is -2.22. The van der Waals surface area contributed by atoms with Gasteiger partial charge in [-0.25, -0.2) is 9.07 Å². The largest absolute Gasteiger partial charge is 0.312 e. The molecule has 21 heavy (non-hydrogen) atoms. The van der Waals surface area contributed by atoms with Crippen LogP contribution in [-0.2, 0) is 12.3 Å². The van der Waals surface area contributed by atoms with Crippen molar-refractivity contribution in [3.8, 4) is 0 Å². The molecule has 0 saturated heterocycles. The number of nitrogens with one attached hydrogen (secondary N) is 1. The number of tetrazole rings is 1. The maximum absolute atomic E-state index is 13.3. The number of nitrogens with zero attached hydrogens (tertiary/aromatic N) is 4. The van der Waals surface area contributed by atoms with E-state index < -0.39 is 0 Å². The van der Waals surface area contributed by atoms with Gasteiger partial charge in [-0.1, -0.05) is 27.7 Å². The van der Waals surface area contributed by atoms with E-state index in [-0.39, 0.29) is 5.82 Å². The second-order valence-corrected chi connectivity index (χ2v) is 6.84. The highest BCUT2D eigenvalue weighted by Gasteiger charge is 2.20. The summed E-state index contributed by atoms with van der Waals surface area (Å²) in [6.07, 6.45) is 2.54. The molecular weight excluding hydrogens is 357 g/mol. The Bertz CT molecular complexity index is 596. The molecule has 1 aliphatic rings. The number of hydrogen-bond acceptors (Lipinski definition) is 5. The molecule has 1 aromatic carbocycles. The second kappa shape index (κ2) is 6.85. The Morgan fingerprint density at radius 3 is 3.00 bits per heavy atom. The van der Waals surface area contributed by atoms with Gasteiger partial charge in [0.1, 0.15) is 5.82 Å². The van der Waals surface area contributed by atoms with Crippen LogP contribution in [0.15, 0.2) is 27.8 Å². The third-order valence-electron chi connectivity index (χ3n) is 3.12. The van der Waals surface area contributed by atoms with Crippen molar-refractivity contribution in [2.24, 2.45) is 0 Å². The van der Waals surface area contributed by atoms with Crippen LogP contribution in [0, 0.1) is 5.82 Å². The maximum atomic E-state index is 13.3. The summed E-state index contributed by atoms with van der Waals surface area (Å²) in [7, 11) is 0. The summed E-state index contributed by atoms with van der Waals surface area (Å²) in [4.78, 5) is 0. The van der Waals surface area contributed by atoms with Gasteiger partial charge in [0.05, 0.1) is 6.54 Å². The highest BCUT2D eigenvalue weighted by molar-refractivity contribution is 9.10. The number of benzene rings is 1. The summed E-state index contributed by atoms with van der Waals surface area (Å²) in [5.74, 6) is 0.389. The second-order valence-electron chi connectivity index (χ2n) is 4.98. The van der Waals surface area contributed by atoms with Crippen LogP contribution >= 0.6 is 27.7 Å². The zero-order valence-corrected chi connectivity index (χ0v) is 13.7. The van der Waals surface area contributed by atoms with Crippen LogP contribution in [0.25, 0.3) is 0 Å². The third kappa shape index (κ3) is 4.49. The number of hydrogen-bond donors (Lipinski definition) is 1. The molecule has 0 aliphatic heterocycles. The fraction of sp³-hybridized carbons (Fsp3) is 0.462. The molecule has 0 amide bonds. The molecule has 1 heterocycles. The van der Waals surface area contributed by atoms with Gasteiger partial charge < -0.3 is 5.32 Å². The zero-order chi connectivity index (χ0) is 14.7. The van der Waals surface area contributed by atoms with E-state index in [1.807, 2.05) is 6.07 Å². The summed E-state index contributed by atoms with van der Waals surface area (Å²) < 4.78 is 15.9. The van der Waals surface area contributed by atoms with Crippen molar-refractivity contribution in [2.45, 2.75) is 36.3 Å². The molecule has 1 N–H and O–H groups in total. The van der Waals surface area contributed by atoms with Crippen molar-refractivity contribution in [3.05, 3.63) is 34.1 Å². The van der Waals surface area contributed by atoms with E-state index in [1.165, 1.54) is 36.7 Å². The van der Waals surface area contributed by atoms with Crippen LogP contribution < -0.4 is 5.32 Å². The molecule has 0 atom stereocenters. The highest BCUT2D eigenvalue weighted by Crippen LogP contribution is 2.23. The van der Waals surface area contributed by atoms with Crippen molar-refractivity contribution in [3.63, 3.8) is 0 Å². The van der Waals surface area contributed by atoms with Gasteiger partial charge in [-0.05, 0) is 47.0 Å². The first-order valence-corrected chi connectivity index (χ1v) is 8.56. The zero-order valence-electron chi connectivity index (χ0n) is 11.3. The standard InChI is InChI=1S/C13H15BrFN5S/c14-10-5-9(6-11(15)7-10)8-21-13-17-18-19-20(13)4-3-16-12-1-2-12/h5-7,12,16H,1-4,8H2. The molecule has 112 valence electrons. The molecule has 0 spiro atoms. The maximum Gasteiger partial charge on any atom is 0.209 e. The Balaban J connectivity index is 1.55. The van der Waals surface area contributed by atoms with Crippen LogP contribution in [-0.4, -0.2) is 32.8 Å². The summed E-state index contributed by atoms with van der Waals surface area (Å²) in [6, 6.07) is 5.56. The molecule has 2 aromatic rings. The lowest BCUT2D eigenvalue weighted by Gasteiger charge is -2.06. The minimum Gasteiger partial charge on any atom is -0.312 e. The molecule has 0 radical (unpaired) electrons. The molecule has 1 aliphatic carbocycles.